The number of carbonyl (C=O) groups is 1. The molecule has 1 rings (SSSR count). The molecule has 1 aliphatic rings. The maximum absolute atomic E-state index is 12.7. The smallest absolute Gasteiger partial charge is 0.336 e. The summed E-state index contributed by atoms with van der Waals surface area (Å²) in [5.74, 6) is -6.34. The van der Waals surface area contributed by atoms with Gasteiger partial charge in [-0.3, -0.25) is 4.79 Å². The van der Waals surface area contributed by atoms with Crippen molar-refractivity contribution in [1.29, 1.82) is 0 Å². The van der Waals surface area contributed by atoms with Crippen molar-refractivity contribution in [1.82, 2.24) is 10.2 Å². The molecule has 1 fully saturated rings. The van der Waals surface area contributed by atoms with E-state index in [1.165, 1.54) is 0 Å². The van der Waals surface area contributed by atoms with Gasteiger partial charge in [0.15, 0.2) is 0 Å². The van der Waals surface area contributed by atoms with Gasteiger partial charge < -0.3 is 10.2 Å². The zero-order valence-electron chi connectivity index (χ0n) is 7.98. The van der Waals surface area contributed by atoms with E-state index in [1.54, 1.807) is 0 Å². The number of hydrogen-bond acceptors (Lipinski definition) is 2. The van der Waals surface area contributed by atoms with Crippen molar-refractivity contribution in [3.63, 3.8) is 0 Å². The van der Waals surface area contributed by atoms with E-state index < -0.39 is 18.3 Å². The predicted molar refractivity (Wildman–Crippen MR) is 45.0 cm³/mol. The minimum Gasteiger partial charge on any atom is -0.336 e. The maximum Gasteiger partial charge on any atom is 0.383 e. The highest BCUT2D eigenvalue weighted by Crippen LogP contribution is 2.25. The molecule has 0 aromatic heterocycles. The molecule has 0 unspecified atom stereocenters. The highest BCUT2D eigenvalue weighted by molar-refractivity contribution is 5.84. The number of hydrogen-bond donors (Lipinski definition) is 1. The predicted octanol–water partition coefficient (Wildman–Crippen LogP) is 0.709. The van der Waals surface area contributed by atoms with Crippen LogP contribution in [0.1, 0.15) is 6.42 Å². The lowest BCUT2D eigenvalue weighted by atomic mass is 10.2. The van der Waals surface area contributed by atoms with E-state index in [-0.39, 0.29) is 13.1 Å². The SMILES string of the molecule is O=C(N1CCCNCC1)C(F)(F)C(F)F. The lowest BCUT2D eigenvalue weighted by Crippen LogP contribution is -2.48. The van der Waals surface area contributed by atoms with E-state index >= 15 is 0 Å². The Morgan fingerprint density at radius 2 is 1.93 bits per heavy atom. The first-order chi connectivity index (χ1) is 6.96. The fourth-order valence-electron chi connectivity index (χ4n) is 1.35. The van der Waals surface area contributed by atoms with Crippen LogP contribution in [0.3, 0.4) is 0 Å². The number of nitrogens with one attached hydrogen (secondary N) is 1. The van der Waals surface area contributed by atoms with Gasteiger partial charge in [0.2, 0.25) is 0 Å². The van der Waals surface area contributed by atoms with Crippen molar-refractivity contribution in [2.24, 2.45) is 0 Å². The molecule has 7 heteroatoms. The molecule has 3 nitrogen and oxygen atoms in total. The first kappa shape index (κ1) is 12.2. The number of carbonyl (C=O) groups excluding carboxylic acids is 1. The monoisotopic (exact) mass is 228 g/mol. The summed E-state index contributed by atoms with van der Waals surface area (Å²) in [5, 5.41) is 2.89. The molecular formula is C8H12F4N2O. The van der Waals surface area contributed by atoms with Gasteiger partial charge in [-0.25, -0.2) is 8.78 Å². The fourth-order valence-corrected chi connectivity index (χ4v) is 1.35. The van der Waals surface area contributed by atoms with E-state index in [0.717, 1.165) is 4.90 Å². The Morgan fingerprint density at radius 1 is 1.27 bits per heavy atom. The summed E-state index contributed by atoms with van der Waals surface area (Å²) < 4.78 is 49.2. The Labute approximate surface area is 84.4 Å². The van der Waals surface area contributed by atoms with Gasteiger partial charge in [0.05, 0.1) is 0 Å². The third-order valence-electron chi connectivity index (χ3n) is 2.19. The van der Waals surface area contributed by atoms with Crippen LogP contribution < -0.4 is 5.32 Å². The Hall–Kier alpha value is -0.850. The van der Waals surface area contributed by atoms with Gasteiger partial charge in [-0.1, -0.05) is 0 Å². The molecule has 0 radical (unpaired) electrons. The first-order valence-corrected chi connectivity index (χ1v) is 4.62. The number of halogens is 4. The highest BCUT2D eigenvalue weighted by Gasteiger charge is 2.51. The van der Waals surface area contributed by atoms with E-state index in [1.807, 2.05) is 0 Å². The maximum atomic E-state index is 12.7. The van der Waals surface area contributed by atoms with Crippen molar-refractivity contribution in [3.05, 3.63) is 0 Å². The Kier molecular flexibility index (Phi) is 3.90. The summed E-state index contributed by atoms with van der Waals surface area (Å²) in [6.45, 7) is 1.09. The topological polar surface area (TPSA) is 32.3 Å². The molecule has 0 aromatic rings. The number of alkyl halides is 4. The Morgan fingerprint density at radius 3 is 2.53 bits per heavy atom. The summed E-state index contributed by atoms with van der Waals surface area (Å²) >= 11 is 0. The third kappa shape index (κ3) is 2.80. The molecule has 0 spiro atoms. The van der Waals surface area contributed by atoms with Gasteiger partial charge in [-0.2, -0.15) is 8.78 Å². The van der Waals surface area contributed by atoms with Crippen LogP contribution in [-0.4, -0.2) is 49.3 Å². The lowest BCUT2D eigenvalue weighted by molar-refractivity contribution is -0.180. The molecule has 15 heavy (non-hydrogen) atoms. The van der Waals surface area contributed by atoms with Crippen molar-refractivity contribution >= 4 is 5.91 Å². The van der Waals surface area contributed by atoms with Crippen molar-refractivity contribution in [2.45, 2.75) is 18.8 Å². The number of rotatable bonds is 2. The van der Waals surface area contributed by atoms with E-state index in [2.05, 4.69) is 5.32 Å². The van der Waals surface area contributed by atoms with Crippen LogP contribution in [0, 0.1) is 0 Å². The van der Waals surface area contributed by atoms with Gasteiger partial charge in [0.25, 0.3) is 5.91 Å². The summed E-state index contributed by atoms with van der Waals surface area (Å²) in [6.07, 6.45) is -3.45. The number of amides is 1. The second-order valence-corrected chi connectivity index (χ2v) is 3.32. The Bertz CT molecular complexity index is 227. The largest absolute Gasteiger partial charge is 0.383 e. The second kappa shape index (κ2) is 4.78. The van der Waals surface area contributed by atoms with E-state index in [0.29, 0.717) is 19.5 Å². The van der Waals surface area contributed by atoms with E-state index in [4.69, 9.17) is 0 Å². The summed E-state index contributed by atoms with van der Waals surface area (Å²) in [5.41, 5.74) is 0. The lowest BCUT2D eigenvalue weighted by Gasteiger charge is -2.24. The molecule has 1 N–H and O–H groups in total. The molecule has 0 atom stereocenters. The molecular weight excluding hydrogens is 216 g/mol. The molecule has 88 valence electrons. The fraction of sp³-hybridized carbons (Fsp3) is 0.875. The van der Waals surface area contributed by atoms with Crippen LogP contribution >= 0.6 is 0 Å². The molecule has 0 saturated carbocycles. The van der Waals surface area contributed by atoms with Gasteiger partial charge in [-0.15, -0.1) is 0 Å². The summed E-state index contributed by atoms with van der Waals surface area (Å²) in [4.78, 5) is 11.9. The first-order valence-electron chi connectivity index (χ1n) is 4.62. The summed E-state index contributed by atoms with van der Waals surface area (Å²) in [6, 6.07) is 0. The molecule has 0 bridgehead atoms. The highest BCUT2D eigenvalue weighted by atomic mass is 19.3. The summed E-state index contributed by atoms with van der Waals surface area (Å²) in [7, 11) is 0. The quantitative estimate of drug-likeness (QED) is 0.706. The minimum atomic E-state index is -4.57. The van der Waals surface area contributed by atoms with Crippen molar-refractivity contribution < 1.29 is 22.4 Å². The van der Waals surface area contributed by atoms with Crippen LogP contribution in [0.2, 0.25) is 0 Å². The number of nitrogens with zero attached hydrogens (tertiary/aromatic N) is 1. The van der Waals surface area contributed by atoms with Crippen LogP contribution in [-0.2, 0) is 4.79 Å². The second-order valence-electron chi connectivity index (χ2n) is 3.32. The third-order valence-corrected chi connectivity index (χ3v) is 2.19. The normalized spacial score (nSPS) is 19.1. The van der Waals surface area contributed by atoms with Crippen molar-refractivity contribution in [2.75, 3.05) is 26.2 Å². The van der Waals surface area contributed by atoms with Crippen LogP contribution in [0.15, 0.2) is 0 Å². The van der Waals surface area contributed by atoms with Crippen LogP contribution in [0.4, 0.5) is 17.6 Å². The van der Waals surface area contributed by atoms with Crippen molar-refractivity contribution in [3.8, 4) is 0 Å². The molecule has 1 heterocycles. The standard InChI is InChI=1S/C8H12F4N2O/c9-6(10)8(11,12)7(15)14-4-1-2-13-3-5-14/h6,13H,1-5H2. The molecule has 0 aliphatic carbocycles. The van der Waals surface area contributed by atoms with Crippen LogP contribution in [0.5, 0.6) is 0 Å². The molecule has 0 aromatic carbocycles. The van der Waals surface area contributed by atoms with Gasteiger partial charge in [-0.05, 0) is 13.0 Å². The molecule has 1 amide bonds. The minimum absolute atomic E-state index is 0.0428. The Balaban J connectivity index is 2.65. The average molecular weight is 228 g/mol. The average Bonchev–Trinajstić information content (AvgIpc) is 2.44. The van der Waals surface area contributed by atoms with E-state index in [9.17, 15) is 22.4 Å². The van der Waals surface area contributed by atoms with Gasteiger partial charge in [0, 0.05) is 19.6 Å². The van der Waals surface area contributed by atoms with Gasteiger partial charge in [0.1, 0.15) is 0 Å². The van der Waals surface area contributed by atoms with Gasteiger partial charge >= 0.3 is 12.3 Å². The zero-order valence-corrected chi connectivity index (χ0v) is 7.98. The molecule has 1 aliphatic heterocycles. The molecule has 1 saturated heterocycles. The zero-order chi connectivity index (χ0) is 11.5. The van der Waals surface area contributed by atoms with Crippen LogP contribution in [0.25, 0.3) is 0 Å².